The number of rotatable bonds is 2. The van der Waals surface area contributed by atoms with Crippen LogP contribution in [-0.4, -0.2) is 0 Å². The highest BCUT2D eigenvalue weighted by atomic mass is 14.6. The van der Waals surface area contributed by atoms with Crippen LogP contribution in [0.3, 0.4) is 0 Å². The summed E-state index contributed by atoms with van der Waals surface area (Å²) in [6.45, 7) is 18.5. The van der Waals surface area contributed by atoms with Crippen molar-refractivity contribution in [2.24, 2.45) is 40.4 Å². The SMILES string of the molecule is C=C(C)C1C(CC)CC2C3CC=C4CCCCC4(C)C3CCC21C.CC. The molecular weight excluding hydrogens is 312 g/mol. The van der Waals surface area contributed by atoms with Gasteiger partial charge in [0.25, 0.3) is 0 Å². The van der Waals surface area contributed by atoms with Crippen LogP contribution in [0.2, 0.25) is 0 Å². The molecule has 0 aliphatic heterocycles. The molecule has 0 bridgehead atoms. The Labute approximate surface area is 163 Å². The van der Waals surface area contributed by atoms with Crippen molar-refractivity contribution >= 4 is 0 Å². The van der Waals surface area contributed by atoms with Gasteiger partial charge in [-0.3, -0.25) is 0 Å². The summed E-state index contributed by atoms with van der Waals surface area (Å²) in [5.41, 5.74) is 4.40. The van der Waals surface area contributed by atoms with Crippen LogP contribution < -0.4 is 0 Å². The molecule has 0 radical (unpaired) electrons. The van der Waals surface area contributed by atoms with Crippen LogP contribution >= 0.6 is 0 Å². The highest BCUT2D eigenvalue weighted by Gasteiger charge is 2.60. The maximum Gasteiger partial charge on any atom is -0.00853 e. The van der Waals surface area contributed by atoms with Crippen molar-refractivity contribution in [3.8, 4) is 0 Å². The van der Waals surface area contributed by atoms with Gasteiger partial charge in [0.1, 0.15) is 0 Å². The van der Waals surface area contributed by atoms with Crippen LogP contribution in [0.5, 0.6) is 0 Å². The van der Waals surface area contributed by atoms with E-state index in [0.29, 0.717) is 10.8 Å². The number of fused-ring (bicyclic) bond motifs is 5. The summed E-state index contributed by atoms with van der Waals surface area (Å²) in [7, 11) is 0. The molecule has 0 spiro atoms. The van der Waals surface area contributed by atoms with Crippen molar-refractivity contribution in [2.75, 3.05) is 0 Å². The number of hydrogen-bond donors (Lipinski definition) is 0. The minimum Gasteiger partial charge on any atom is -0.0998 e. The van der Waals surface area contributed by atoms with E-state index in [-0.39, 0.29) is 0 Å². The van der Waals surface area contributed by atoms with Crippen LogP contribution in [0, 0.1) is 40.4 Å². The molecule has 4 aliphatic carbocycles. The van der Waals surface area contributed by atoms with E-state index in [1.807, 2.05) is 19.4 Å². The molecule has 7 atom stereocenters. The molecule has 4 aliphatic rings. The molecular formula is C26H44. The fourth-order valence-corrected chi connectivity index (χ4v) is 8.24. The molecule has 0 heteroatoms. The van der Waals surface area contributed by atoms with Gasteiger partial charge in [0.15, 0.2) is 0 Å². The molecule has 26 heavy (non-hydrogen) atoms. The van der Waals surface area contributed by atoms with Gasteiger partial charge >= 0.3 is 0 Å². The zero-order valence-corrected chi connectivity index (χ0v) is 18.5. The Kier molecular flexibility index (Phi) is 5.82. The summed E-state index contributed by atoms with van der Waals surface area (Å²) in [5, 5.41) is 0. The average molecular weight is 357 g/mol. The van der Waals surface area contributed by atoms with Crippen molar-refractivity contribution in [3.63, 3.8) is 0 Å². The van der Waals surface area contributed by atoms with E-state index >= 15 is 0 Å². The molecule has 0 amide bonds. The normalized spacial score (nSPS) is 46.8. The second kappa shape index (κ2) is 7.48. The lowest BCUT2D eigenvalue weighted by Gasteiger charge is -2.57. The molecule has 0 saturated heterocycles. The van der Waals surface area contributed by atoms with Gasteiger partial charge < -0.3 is 0 Å². The van der Waals surface area contributed by atoms with Crippen molar-refractivity contribution < 1.29 is 0 Å². The fourth-order valence-electron chi connectivity index (χ4n) is 8.24. The summed E-state index contributed by atoms with van der Waals surface area (Å²) >= 11 is 0. The van der Waals surface area contributed by atoms with Crippen molar-refractivity contribution in [3.05, 3.63) is 23.8 Å². The Hall–Kier alpha value is -0.520. The molecule has 0 aromatic carbocycles. The van der Waals surface area contributed by atoms with Crippen molar-refractivity contribution in [1.29, 1.82) is 0 Å². The summed E-state index contributed by atoms with van der Waals surface area (Å²) in [6, 6.07) is 0. The van der Waals surface area contributed by atoms with Gasteiger partial charge in [-0.05, 0) is 92.3 Å². The van der Waals surface area contributed by atoms with E-state index in [0.717, 1.165) is 29.6 Å². The van der Waals surface area contributed by atoms with Gasteiger partial charge in [0.2, 0.25) is 0 Å². The summed E-state index contributed by atoms with van der Waals surface area (Å²) in [4.78, 5) is 0. The monoisotopic (exact) mass is 356 g/mol. The lowest BCUT2D eigenvalue weighted by Crippen LogP contribution is -2.49. The first kappa shape index (κ1) is 20.2. The van der Waals surface area contributed by atoms with Crippen LogP contribution in [0.1, 0.15) is 99.3 Å². The first-order chi connectivity index (χ1) is 12.4. The standard InChI is InChI=1S/C24H38.C2H6/c1-6-17-15-21-19-11-10-18-9-7-8-13-23(18,4)20(19)12-14-24(21,5)22(17)16(2)3;1-2/h10,17,19-22H,2,6-9,11-15H2,1,3-5H3;1-2H3. The van der Waals surface area contributed by atoms with Crippen LogP contribution in [0.4, 0.5) is 0 Å². The molecule has 0 aromatic heterocycles. The number of hydrogen-bond acceptors (Lipinski definition) is 0. The molecule has 3 fully saturated rings. The lowest BCUT2D eigenvalue weighted by atomic mass is 9.47. The molecule has 4 rings (SSSR count). The lowest BCUT2D eigenvalue weighted by molar-refractivity contribution is -0.0364. The Morgan fingerprint density at radius 3 is 2.54 bits per heavy atom. The molecule has 3 saturated carbocycles. The fraction of sp³-hybridized carbons (Fsp3) is 0.846. The van der Waals surface area contributed by atoms with E-state index in [1.165, 1.54) is 63.4 Å². The summed E-state index contributed by atoms with van der Waals surface area (Å²) < 4.78 is 0. The minimum absolute atomic E-state index is 0.532. The molecule has 0 aromatic rings. The molecule has 148 valence electrons. The first-order valence-electron chi connectivity index (χ1n) is 11.8. The van der Waals surface area contributed by atoms with Gasteiger partial charge in [0.05, 0.1) is 0 Å². The smallest absolute Gasteiger partial charge is 0.00853 e. The third kappa shape index (κ3) is 2.85. The predicted molar refractivity (Wildman–Crippen MR) is 115 cm³/mol. The van der Waals surface area contributed by atoms with Gasteiger partial charge in [-0.15, -0.1) is 0 Å². The molecule has 7 unspecified atom stereocenters. The third-order valence-corrected chi connectivity index (χ3v) is 9.25. The van der Waals surface area contributed by atoms with E-state index < -0.39 is 0 Å². The Balaban J connectivity index is 0.000000948. The zero-order chi connectivity index (χ0) is 19.1. The second-order valence-corrected chi connectivity index (χ2v) is 10.2. The third-order valence-electron chi connectivity index (χ3n) is 9.25. The quantitative estimate of drug-likeness (QED) is 0.437. The number of allylic oxidation sites excluding steroid dienone is 3. The zero-order valence-electron chi connectivity index (χ0n) is 18.5. The minimum atomic E-state index is 0.532. The maximum absolute atomic E-state index is 4.44. The van der Waals surface area contributed by atoms with Crippen LogP contribution in [0.15, 0.2) is 23.8 Å². The highest BCUT2D eigenvalue weighted by Crippen LogP contribution is 2.68. The van der Waals surface area contributed by atoms with Gasteiger partial charge in [-0.1, -0.05) is 71.3 Å². The largest absolute Gasteiger partial charge is 0.0998 e. The summed E-state index contributed by atoms with van der Waals surface area (Å²) in [6.07, 6.45) is 15.6. The topological polar surface area (TPSA) is 0 Å². The van der Waals surface area contributed by atoms with E-state index in [1.54, 1.807) is 0 Å². The van der Waals surface area contributed by atoms with E-state index in [9.17, 15) is 0 Å². The van der Waals surface area contributed by atoms with Crippen LogP contribution in [-0.2, 0) is 0 Å². The summed E-state index contributed by atoms with van der Waals surface area (Å²) in [5.74, 6) is 4.53. The molecule has 0 heterocycles. The maximum atomic E-state index is 4.44. The van der Waals surface area contributed by atoms with E-state index in [4.69, 9.17) is 0 Å². The van der Waals surface area contributed by atoms with Gasteiger partial charge in [0, 0.05) is 0 Å². The average Bonchev–Trinajstić information content (AvgIpc) is 2.95. The van der Waals surface area contributed by atoms with Gasteiger partial charge in [-0.2, -0.15) is 0 Å². The Morgan fingerprint density at radius 1 is 1.15 bits per heavy atom. The van der Waals surface area contributed by atoms with Gasteiger partial charge in [-0.25, -0.2) is 0 Å². The first-order valence-corrected chi connectivity index (χ1v) is 11.8. The second-order valence-electron chi connectivity index (χ2n) is 10.2. The van der Waals surface area contributed by atoms with Crippen molar-refractivity contribution in [2.45, 2.75) is 99.3 Å². The molecule has 0 nitrogen and oxygen atoms in total. The highest BCUT2D eigenvalue weighted by molar-refractivity contribution is 5.25. The van der Waals surface area contributed by atoms with E-state index in [2.05, 4.69) is 40.3 Å². The Morgan fingerprint density at radius 2 is 1.88 bits per heavy atom. The Bertz CT molecular complexity index is 554. The van der Waals surface area contributed by atoms with Crippen molar-refractivity contribution in [1.82, 2.24) is 0 Å². The molecule has 0 N–H and O–H groups in total. The predicted octanol–water partition coefficient (Wildman–Crippen LogP) is 8.19. The van der Waals surface area contributed by atoms with Crippen LogP contribution in [0.25, 0.3) is 0 Å².